The van der Waals surface area contributed by atoms with Gasteiger partial charge in [0.1, 0.15) is 0 Å². The Morgan fingerprint density at radius 1 is 1.19 bits per heavy atom. The lowest BCUT2D eigenvalue weighted by atomic mass is 10.2. The van der Waals surface area contributed by atoms with Crippen LogP contribution in [0, 0.1) is 0 Å². The molecule has 1 rings (SSSR count). The largest absolute Gasteiger partial charge is 0.341 e. The molecular weight excluding hydrogens is 292 g/mol. The maximum absolute atomic E-state index is 11.5. The van der Waals surface area contributed by atoms with Gasteiger partial charge in [-0.05, 0) is 5.56 Å². The van der Waals surface area contributed by atoms with E-state index in [0.29, 0.717) is 19.6 Å². The van der Waals surface area contributed by atoms with Crippen LogP contribution >= 0.6 is 12.4 Å². The van der Waals surface area contributed by atoms with Crippen molar-refractivity contribution in [2.45, 2.75) is 13.0 Å². The normalized spacial score (nSPS) is 9.86. The van der Waals surface area contributed by atoms with Gasteiger partial charge in [0.05, 0.1) is 0 Å². The molecule has 1 aromatic rings. The number of carbonyl (C=O) groups excluding carboxylic acids is 2. The summed E-state index contributed by atoms with van der Waals surface area (Å²) in [5.74, 6) is -0.292. The number of urea groups is 1. The number of rotatable bonds is 7. The van der Waals surface area contributed by atoms with Crippen molar-refractivity contribution >= 4 is 24.3 Å². The zero-order chi connectivity index (χ0) is 14.8. The van der Waals surface area contributed by atoms with Gasteiger partial charge in [0, 0.05) is 39.6 Å². The molecule has 0 saturated heterocycles. The van der Waals surface area contributed by atoms with E-state index in [4.69, 9.17) is 5.73 Å². The molecule has 0 atom stereocenters. The fourth-order valence-corrected chi connectivity index (χ4v) is 1.81. The smallest absolute Gasteiger partial charge is 0.321 e. The Morgan fingerprint density at radius 2 is 1.86 bits per heavy atom. The molecule has 0 aliphatic rings. The Hall–Kier alpha value is -1.63. The van der Waals surface area contributed by atoms with E-state index in [2.05, 4.69) is 15.5 Å². The summed E-state index contributed by atoms with van der Waals surface area (Å²) in [5, 5.41) is 4.59. The van der Waals surface area contributed by atoms with Crippen LogP contribution in [0.3, 0.4) is 0 Å². The highest BCUT2D eigenvalue weighted by Crippen LogP contribution is 2.04. The zero-order valence-electron chi connectivity index (χ0n) is 12.2. The first-order chi connectivity index (χ1) is 9.65. The number of benzene rings is 1. The van der Waals surface area contributed by atoms with Crippen LogP contribution in [0.1, 0.15) is 12.0 Å². The summed E-state index contributed by atoms with van der Waals surface area (Å²) in [6, 6.07) is 9.52. The maximum atomic E-state index is 11.5. The summed E-state index contributed by atoms with van der Waals surface area (Å²) in [7, 11) is 1.47. The molecule has 0 aliphatic heterocycles. The molecule has 0 fully saturated rings. The van der Waals surface area contributed by atoms with Crippen LogP contribution in [-0.2, 0) is 11.3 Å². The summed E-state index contributed by atoms with van der Waals surface area (Å²) in [5.41, 5.74) is 6.76. The number of nitrogens with zero attached hydrogens (tertiary/aromatic N) is 1. The van der Waals surface area contributed by atoms with Crippen molar-refractivity contribution in [2.24, 2.45) is 5.73 Å². The summed E-state index contributed by atoms with van der Waals surface area (Å²) in [4.78, 5) is 24.6. The zero-order valence-corrected chi connectivity index (χ0v) is 13.0. The lowest BCUT2D eigenvalue weighted by Gasteiger charge is -2.21. The minimum Gasteiger partial charge on any atom is -0.341 e. The first-order valence-electron chi connectivity index (χ1n) is 6.63. The topological polar surface area (TPSA) is 87.5 Å². The van der Waals surface area contributed by atoms with Crippen molar-refractivity contribution in [1.82, 2.24) is 15.5 Å². The second-order valence-electron chi connectivity index (χ2n) is 4.43. The summed E-state index contributed by atoms with van der Waals surface area (Å²) < 4.78 is 0. The molecule has 0 heterocycles. The van der Waals surface area contributed by atoms with Crippen LogP contribution < -0.4 is 16.4 Å². The average Bonchev–Trinajstić information content (AvgIpc) is 2.46. The number of hydrogen-bond donors (Lipinski definition) is 3. The molecule has 0 aromatic heterocycles. The molecule has 0 aliphatic carbocycles. The Bertz CT molecular complexity index is 428. The van der Waals surface area contributed by atoms with Gasteiger partial charge in [-0.1, -0.05) is 30.3 Å². The third-order valence-electron chi connectivity index (χ3n) is 2.83. The third kappa shape index (κ3) is 8.29. The van der Waals surface area contributed by atoms with Crippen molar-refractivity contribution in [2.75, 3.05) is 26.7 Å². The molecule has 6 nitrogen and oxygen atoms in total. The summed E-state index contributed by atoms with van der Waals surface area (Å²) in [6.45, 7) is 2.55. The van der Waals surface area contributed by atoms with Gasteiger partial charge < -0.3 is 11.1 Å². The number of hydrogen-bond acceptors (Lipinski definition) is 4. The Balaban J connectivity index is 0.00000400. The first-order valence-corrected chi connectivity index (χ1v) is 6.63. The van der Waals surface area contributed by atoms with Crippen molar-refractivity contribution in [3.05, 3.63) is 35.9 Å². The van der Waals surface area contributed by atoms with Gasteiger partial charge in [0.25, 0.3) is 0 Å². The number of nitrogens with two attached hydrogens (primary N) is 1. The van der Waals surface area contributed by atoms with Crippen molar-refractivity contribution in [3.63, 3.8) is 0 Å². The molecule has 3 amide bonds. The minimum absolute atomic E-state index is 0. The molecular formula is C14H23ClN4O2. The van der Waals surface area contributed by atoms with Crippen LogP contribution in [0.15, 0.2) is 30.3 Å². The van der Waals surface area contributed by atoms with Crippen LogP contribution in [0.5, 0.6) is 0 Å². The van der Waals surface area contributed by atoms with Gasteiger partial charge in [-0.2, -0.15) is 0 Å². The molecule has 0 spiro atoms. The molecule has 4 N–H and O–H groups in total. The monoisotopic (exact) mass is 314 g/mol. The lowest BCUT2D eigenvalue weighted by molar-refractivity contribution is -0.120. The van der Waals surface area contributed by atoms with E-state index in [1.54, 1.807) is 0 Å². The second kappa shape index (κ2) is 11.1. The molecule has 0 unspecified atom stereocenters. The second-order valence-corrected chi connectivity index (χ2v) is 4.43. The minimum atomic E-state index is -0.483. The van der Waals surface area contributed by atoms with Gasteiger partial charge in [-0.25, -0.2) is 4.79 Å². The van der Waals surface area contributed by atoms with Crippen LogP contribution in [-0.4, -0.2) is 43.5 Å². The third-order valence-corrected chi connectivity index (χ3v) is 2.83. The number of nitrogens with one attached hydrogen (secondary N) is 2. The fraction of sp³-hybridized carbons (Fsp3) is 0.429. The average molecular weight is 315 g/mol. The van der Waals surface area contributed by atoms with Gasteiger partial charge in [0.2, 0.25) is 5.91 Å². The molecule has 7 heteroatoms. The van der Waals surface area contributed by atoms with Crippen LogP contribution in [0.25, 0.3) is 0 Å². The van der Waals surface area contributed by atoms with E-state index < -0.39 is 6.03 Å². The van der Waals surface area contributed by atoms with Gasteiger partial charge in [-0.3, -0.25) is 15.0 Å². The molecule has 0 saturated carbocycles. The highest BCUT2D eigenvalue weighted by Gasteiger charge is 2.10. The van der Waals surface area contributed by atoms with E-state index in [1.807, 2.05) is 30.3 Å². The Labute approximate surface area is 131 Å². The standard InChI is InChI=1S/C14H22N4O2.ClH/c1-16-14(20)17-13(19)7-9-18(10-8-15)11-12-5-3-2-4-6-12;/h2-6H,7-11,15H2,1H3,(H2,16,17,19,20);1H. The first kappa shape index (κ1) is 19.4. The molecule has 21 heavy (non-hydrogen) atoms. The van der Waals surface area contributed by atoms with Gasteiger partial charge in [-0.15, -0.1) is 12.4 Å². The predicted octanol–water partition coefficient (Wildman–Crippen LogP) is 0.715. The van der Waals surface area contributed by atoms with E-state index in [9.17, 15) is 9.59 Å². The fourth-order valence-electron chi connectivity index (χ4n) is 1.81. The molecule has 0 radical (unpaired) electrons. The van der Waals surface area contributed by atoms with E-state index in [1.165, 1.54) is 12.6 Å². The molecule has 0 bridgehead atoms. The van der Waals surface area contributed by atoms with E-state index in [0.717, 1.165) is 6.54 Å². The number of amides is 3. The van der Waals surface area contributed by atoms with Gasteiger partial charge >= 0.3 is 6.03 Å². The van der Waals surface area contributed by atoms with Crippen LogP contribution in [0.2, 0.25) is 0 Å². The van der Waals surface area contributed by atoms with Crippen LogP contribution in [0.4, 0.5) is 4.79 Å². The predicted molar refractivity (Wildman–Crippen MR) is 85.2 cm³/mol. The summed E-state index contributed by atoms with van der Waals surface area (Å²) in [6.07, 6.45) is 0.264. The highest BCUT2D eigenvalue weighted by molar-refractivity contribution is 5.94. The van der Waals surface area contributed by atoms with Gasteiger partial charge in [0.15, 0.2) is 0 Å². The van der Waals surface area contributed by atoms with Crippen molar-refractivity contribution in [3.8, 4) is 0 Å². The molecule has 118 valence electrons. The lowest BCUT2D eigenvalue weighted by Crippen LogP contribution is -2.39. The Morgan fingerprint density at radius 3 is 2.43 bits per heavy atom. The number of carbonyl (C=O) groups is 2. The molecule has 1 aromatic carbocycles. The van der Waals surface area contributed by atoms with E-state index >= 15 is 0 Å². The van der Waals surface area contributed by atoms with Crippen molar-refractivity contribution in [1.29, 1.82) is 0 Å². The quantitative estimate of drug-likeness (QED) is 0.692. The number of halogens is 1. The summed E-state index contributed by atoms with van der Waals surface area (Å²) >= 11 is 0. The van der Waals surface area contributed by atoms with Crippen molar-refractivity contribution < 1.29 is 9.59 Å². The number of imide groups is 1. The maximum Gasteiger partial charge on any atom is 0.321 e. The van der Waals surface area contributed by atoms with E-state index in [-0.39, 0.29) is 24.7 Å². The SMILES string of the molecule is CNC(=O)NC(=O)CCN(CCN)Cc1ccccc1.Cl. The highest BCUT2D eigenvalue weighted by atomic mass is 35.5. The Kier molecular flexibility index (Phi) is 10.2.